The molecule has 150 valence electrons. The predicted octanol–water partition coefficient (Wildman–Crippen LogP) is 2.80. The van der Waals surface area contributed by atoms with Crippen LogP contribution in [0.5, 0.6) is 0 Å². The van der Waals surface area contributed by atoms with E-state index in [0.29, 0.717) is 54.9 Å². The molecule has 10 heteroatoms. The summed E-state index contributed by atoms with van der Waals surface area (Å²) in [6, 6.07) is 12.9. The molecule has 1 fully saturated rings. The summed E-state index contributed by atoms with van der Waals surface area (Å²) >= 11 is 5.87. The van der Waals surface area contributed by atoms with Gasteiger partial charge in [-0.25, -0.2) is 9.18 Å². The molecule has 0 radical (unpaired) electrons. The number of amides is 2. The molecule has 2 aromatic carbocycles. The van der Waals surface area contributed by atoms with E-state index in [1.165, 1.54) is 12.1 Å². The van der Waals surface area contributed by atoms with Crippen molar-refractivity contribution in [2.24, 2.45) is 0 Å². The number of benzene rings is 2. The second-order valence-corrected chi connectivity index (χ2v) is 7.12. The highest BCUT2D eigenvalue weighted by atomic mass is 35.5. The number of hydrogen-bond acceptors (Lipinski definition) is 5. The maximum absolute atomic E-state index is 13.1. The lowest BCUT2D eigenvalue weighted by Crippen LogP contribution is -2.49. The first-order valence-electron chi connectivity index (χ1n) is 9.15. The SMILES string of the molecule is O=C(Nc1ccc(Cl)cc1)N1CCN(Cc2nnnn2-c2ccc(F)cc2)CC1. The van der Waals surface area contributed by atoms with Gasteiger partial charge in [0.25, 0.3) is 0 Å². The van der Waals surface area contributed by atoms with Gasteiger partial charge in [-0.15, -0.1) is 5.10 Å². The van der Waals surface area contributed by atoms with E-state index in [2.05, 4.69) is 25.7 Å². The molecule has 4 rings (SSSR count). The van der Waals surface area contributed by atoms with Gasteiger partial charge in [0.15, 0.2) is 5.82 Å². The Morgan fingerprint density at radius 2 is 1.72 bits per heavy atom. The van der Waals surface area contributed by atoms with Crippen LogP contribution in [0.2, 0.25) is 5.02 Å². The van der Waals surface area contributed by atoms with Crippen LogP contribution in [-0.2, 0) is 6.54 Å². The molecule has 1 saturated heterocycles. The van der Waals surface area contributed by atoms with Crippen molar-refractivity contribution >= 4 is 23.3 Å². The lowest BCUT2D eigenvalue weighted by atomic mass is 10.3. The van der Waals surface area contributed by atoms with Crippen LogP contribution in [0, 0.1) is 5.82 Å². The number of carbonyl (C=O) groups is 1. The summed E-state index contributed by atoms with van der Waals surface area (Å²) in [7, 11) is 0. The number of rotatable bonds is 4. The number of tetrazole rings is 1. The largest absolute Gasteiger partial charge is 0.322 e. The van der Waals surface area contributed by atoms with Crippen molar-refractivity contribution in [2.45, 2.75) is 6.54 Å². The normalized spacial score (nSPS) is 14.8. The molecule has 29 heavy (non-hydrogen) atoms. The molecule has 0 aliphatic carbocycles. The van der Waals surface area contributed by atoms with Crippen molar-refractivity contribution in [3.05, 3.63) is 65.2 Å². The van der Waals surface area contributed by atoms with E-state index in [4.69, 9.17) is 11.6 Å². The minimum atomic E-state index is -0.309. The molecule has 0 spiro atoms. The van der Waals surface area contributed by atoms with Crippen LogP contribution in [0.4, 0.5) is 14.9 Å². The van der Waals surface area contributed by atoms with Crippen molar-refractivity contribution < 1.29 is 9.18 Å². The Hall–Kier alpha value is -3.04. The number of carbonyl (C=O) groups excluding carboxylic acids is 1. The van der Waals surface area contributed by atoms with Crippen molar-refractivity contribution in [1.29, 1.82) is 0 Å². The number of halogens is 2. The molecule has 0 bridgehead atoms. The number of hydrogen-bond donors (Lipinski definition) is 1. The number of piperazine rings is 1. The average Bonchev–Trinajstić information content (AvgIpc) is 3.19. The van der Waals surface area contributed by atoms with E-state index in [0.717, 1.165) is 0 Å². The van der Waals surface area contributed by atoms with E-state index in [1.54, 1.807) is 46.0 Å². The van der Waals surface area contributed by atoms with Crippen molar-refractivity contribution in [2.75, 3.05) is 31.5 Å². The van der Waals surface area contributed by atoms with Crippen LogP contribution in [0.1, 0.15) is 5.82 Å². The minimum absolute atomic E-state index is 0.136. The molecule has 0 atom stereocenters. The molecule has 1 aromatic heterocycles. The molecule has 0 saturated carbocycles. The Labute approximate surface area is 171 Å². The summed E-state index contributed by atoms with van der Waals surface area (Å²) < 4.78 is 14.7. The average molecular weight is 416 g/mol. The zero-order chi connectivity index (χ0) is 20.2. The third-order valence-electron chi connectivity index (χ3n) is 4.73. The van der Waals surface area contributed by atoms with Crippen LogP contribution >= 0.6 is 11.6 Å². The quantitative estimate of drug-likeness (QED) is 0.708. The van der Waals surface area contributed by atoms with Gasteiger partial charge < -0.3 is 10.2 Å². The van der Waals surface area contributed by atoms with E-state index in [-0.39, 0.29) is 11.8 Å². The fourth-order valence-electron chi connectivity index (χ4n) is 3.13. The summed E-state index contributed by atoms with van der Waals surface area (Å²) in [5.41, 5.74) is 1.41. The number of anilines is 1. The third kappa shape index (κ3) is 4.69. The smallest absolute Gasteiger partial charge is 0.321 e. The molecule has 2 amide bonds. The first-order valence-corrected chi connectivity index (χ1v) is 9.53. The Kier molecular flexibility index (Phi) is 5.68. The molecular formula is C19H19ClFN7O. The van der Waals surface area contributed by atoms with E-state index in [9.17, 15) is 9.18 Å². The van der Waals surface area contributed by atoms with Gasteiger partial charge in [0.2, 0.25) is 0 Å². The molecule has 8 nitrogen and oxygen atoms in total. The molecule has 1 aliphatic heterocycles. The fourth-order valence-corrected chi connectivity index (χ4v) is 3.26. The van der Waals surface area contributed by atoms with Gasteiger partial charge in [0, 0.05) is 36.9 Å². The summed E-state index contributed by atoms with van der Waals surface area (Å²) in [5.74, 6) is 0.354. The number of nitrogens with zero attached hydrogens (tertiary/aromatic N) is 6. The van der Waals surface area contributed by atoms with Crippen molar-refractivity contribution in [3.63, 3.8) is 0 Å². The first kappa shape index (κ1) is 19.3. The van der Waals surface area contributed by atoms with Gasteiger partial charge in [-0.05, 0) is 59.0 Å². The van der Waals surface area contributed by atoms with Gasteiger partial charge >= 0.3 is 6.03 Å². The Balaban J connectivity index is 1.32. The molecule has 1 aliphatic rings. The Bertz CT molecular complexity index is 969. The second kappa shape index (κ2) is 8.54. The van der Waals surface area contributed by atoms with Crippen LogP contribution < -0.4 is 5.32 Å². The highest BCUT2D eigenvalue weighted by molar-refractivity contribution is 6.30. The van der Waals surface area contributed by atoms with Crippen LogP contribution in [0.15, 0.2) is 48.5 Å². The van der Waals surface area contributed by atoms with Gasteiger partial charge in [-0.3, -0.25) is 4.90 Å². The van der Waals surface area contributed by atoms with Crippen LogP contribution in [-0.4, -0.2) is 62.2 Å². The molecule has 2 heterocycles. The van der Waals surface area contributed by atoms with E-state index < -0.39 is 0 Å². The third-order valence-corrected chi connectivity index (χ3v) is 4.98. The summed E-state index contributed by atoms with van der Waals surface area (Å²) in [4.78, 5) is 16.4. The van der Waals surface area contributed by atoms with Crippen LogP contribution in [0.3, 0.4) is 0 Å². The van der Waals surface area contributed by atoms with E-state index >= 15 is 0 Å². The fraction of sp³-hybridized carbons (Fsp3) is 0.263. The van der Waals surface area contributed by atoms with Gasteiger partial charge in [-0.1, -0.05) is 11.6 Å². The Morgan fingerprint density at radius 3 is 2.41 bits per heavy atom. The van der Waals surface area contributed by atoms with Gasteiger partial charge in [-0.2, -0.15) is 4.68 Å². The lowest BCUT2D eigenvalue weighted by molar-refractivity contribution is 0.140. The first-order chi connectivity index (χ1) is 14.1. The predicted molar refractivity (Wildman–Crippen MR) is 106 cm³/mol. The summed E-state index contributed by atoms with van der Waals surface area (Å²) in [5, 5.41) is 15.3. The zero-order valence-corrected chi connectivity index (χ0v) is 16.3. The van der Waals surface area contributed by atoms with Gasteiger partial charge in [0.1, 0.15) is 5.82 Å². The molecule has 0 unspecified atom stereocenters. The topological polar surface area (TPSA) is 79.2 Å². The number of urea groups is 1. The zero-order valence-electron chi connectivity index (χ0n) is 15.5. The number of nitrogens with one attached hydrogen (secondary N) is 1. The molecular weight excluding hydrogens is 397 g/mol. The number of aromatic nitrogens is 4. The maximum atomic E-state index is 13.1. The molecule has 3 aromatic rings. The summed E-state index contributed by atoms with van der Waals surface area (Å²) in [6.45, 7) is 3.13. The van der Waals surface area contributed by atoms with Crippen LogP contribution in [0.25, 0.3) is 5.69 Å². The lowest BCUT2D eigenvalue weighted by Gasteiger charge is -2.34. The molecule has 1 N–H and O–H groups in total. The van der Waals surface area contributed by atoms with Gasteiger partial charge in [0.05, 0.1) is 12.2 Å². The second-order valence-electron chi connectivity index (χ2n) is 6.68. The highest BCUT2D eigenvalue weighted by Gasteiger charge is 2.23. The van der Waals surface area contributed by atoms with Crippen molar-refractivity contribution in [1.82, 2.24) is 30.0 Å². The summed E-state index contributed by atoms with van der Waals surface area (Å²) in [6.07, 6.45) is 0. The monoisotopic (exact) mass is 415 g/mol. The van der Waals surface area contributed by atoms with Crippen molar-refractivity contribution in [3.8, 4) is 5.69 Å². The minimum Gasteiger partial charge on any atom is -0.322 e. The standard InChI is InChI=1S/C19H19ClFN7O/c20-14-1-5-16(6-2-14)22-19(29)27-11-9-26(10-12-27)13-18-23-24-25-28(18)17-7-3-15(21)4-8-17/h1-8H,9-13H2,(H,22,29). The Morgan fingerprint density at radius 1 is 1.03 bits per heavy atom. The van der Waals surface area contributed by atoms with E-state index in [1.807, 2.05) is 0 Å². The maximum Gasteiger partial charge on any atom is 0.321 e. The highest BCUT2D eigenvalue weighted by Crippen LogP contribution is 2.15.